The van der Waals surface area contributed by atoms with E-state index in [0.717, 1.165) is 0 Å². The summed E-state index contributed by atoms with van der Waals surface area (Å²) in [7, 11) is -10.8. The van der Waals surface area contributed by atoms with Gasteiger partial charge < -0.3 is 30.4 Å². The fraction of sp³-hybridized carbons (Fsp3) is 0.667. The Bertz CT molecular complexity index is 293. The Labute approximate surface area is 78.6 Å². The topological polar surface area (TPSA) is 174 Å². The minimum Gasteiger partial charge on any atom is -0.390 e. The first-order valence-corrected chi connectivity index (χ1v) is 6.32. The van der Waals surface area contributed by atoms with Gasteiger partial charge in [0, 0.05) is 0 Å². The smallest absolute Gasteiger partial charge is 0.371 e. The van der Waals surface area contributed by atoms with Crippen molar-refractivity contribution in [3.05, 3.63) is 0 Å². The van der Waals surface area contributed by atoms with Crippen LogP contribution < -0.4 is 5.73 Å². The minimum absolute atomic E-state index is 0.566. The van der Waals surface area contributed by atoms with Gasteiger partial charge in [-0.15, -0.1) is 0 Å². The SMILES string of the molecule is NC=NCC(O)(P(=O)(O)O)P(=O)(O)O. The van der Waals surface area contributed by atoms with E-state index in [0.29, 0.717) is 6.34 Å². The van der Waals surface area contributed by atoms with Crippen molar-refractivity contribution in [3.63, 3.8) is 0 Å². The average molecular weight is 248 g/mol. The second kappa shape index (κ2) is 4.08. The van der Waals surface area contributed by atoms with Gasteiger partial charge in [0.15, 0.2) is 0 Å². The number of aliphatic imine (C=N–C) groups is 1. The van der Waals surface area contributed by atoms with Gasteiger partial charge in [-0.25, -0.2) is 0 Å². The number of hydrogen-bond acceptors (Lipinski definition) is 4. The van der Waals surface area contributed by atoms with Gasteiger partial charge in [-0.2, -0.15) is 0 Å². The van der Waals surface area contributed by atoms with E-state index < -0.39 is 26.8 Å². The highest BCUT2D eigenvalue weighted by Gasteiger charge is 2.59. The molecule has 0 bridgehead atoms. The first-order chi connectivity index (χ1) is 6.06. The summed E-state index contributed by atoms with van der Waals surface area (Å²) < 4.78 is 21.3. The largest absolute Gasteiger partial charge is 0.390 e. The van der Waals surface area contributed by atoms with E-state index in [2.05, 4.69) is 4.99 Å². The zero-order valence-corrected chi connectivity index (χ0v) is 8.54. The van der Waals surface area contributed by atoms with Crippen LogP contribution in [0.15, 0.2) is 4.99 Å². The van der Waals surface area contributed by atoms with Crippen molar-refractivity contribution in [2.45, 2.75) is 5.08 Å². The van der Waals surface area contributed by atoms with Gasteiger partial charge in [-0.3, -0.25) is 14.1 Å². The highest BCUT2D eigenvalue weighted by Crippen LogP contribution is 2.67. The predicted octanol–water partition coefficient (Wildman–Crippen LogP) is -2.03. The minimum atomic E-state index is -5.42. The summed E-state index contributed by atoms with van der Waals surface area (Å²) in [5.74, 6) is 0. The Morgan fingerprint density at radius 2 is 1.57 bits per heavy atom. The van der Waals surface area contributed by atoms with Crippen LogP contribution in [0.25, 0.3) is 0 Å². The summed E-state index contributed by atoms with van der Waals surface area (Å²) in [4.78, 5) is 37.2. The fourth-order valence-corrected chi connectivity index (χ4v) is 2.42. The van der Waals surface area contributed by atoms with Crippen molar-refractivity contribution < 1.29 is 33.8 Å². The molecular formula is C3H10N2O7P2. The summed E-state index contributed by atoms with van der Waals surface area (Å²) >= 11 is 0. The molecule has 0 aromatic carbocycles. The molecule has 0 radical (unpaired) electrons. The molecule has 0 fully saturated rings. The maximum absolute atomic E-state index is 10.6. The quantitative estimate of drug-likeness (QED) is 0.187. The normalized spacial score (nSPS) is 14.9. The van der Waals surface area contributed by atoms with Crippen LogP contribution in [0.5, 0.6) is 0 Å². The van der Waals surface area contributed by atoms with Gasteiger partial charge in [-0.05, 0) is 0 Å². The van der Waals surface area contributed by atoms with Crippen molar-refractivity contribution in [2.24, 2.45) is 10.7 Å². The molecule has 0 aromatic heterocycles. The van der Waals surface area contributed by atoms with E-state index in [4.69, 9.17) is 30.4 Å². The van der Waals surface area contributed by atoms with E-state index >= 15 is 0 Å². The molecule has 0 aromatic rings. The molecule has 84 valence electrons. The number of aliphatic hydroxyl groups is 1. The Balaban J connectivity index is 5.29. The predicted molar refractivity (Wildman–Crippen MR) is 46.6 cm³/mol. The molecule has 0 amide bonds. The lowest BCUT2D eigenvalue weighted by Crippen LogP contribution is -2.32. The van der Waals surface area contributed by atoms with Crippen LogP contribution in [0, 0.1) is 0 Å². The van der Waals surface area contributed by atoms with Crippen LogP contribution in [0.2, 0.25) is 0 Å². The number of hydrogen-bond donors (Lipinski definition) is 6. The Morgan fingerprint density at radius 1 is 1.21 bits per heavy atom. The van der Waals surface area contributed by atoms with Crippen molar-refractivity contribution in [2.75, 3.05) is 6.54 Å². The zero-order valence-electron chi connectivity index (χ0n) is 6.76. The van der Waals surface area contributed by atoms with E-state index in [9.17, 15) is 9.13 Å². The third kappa shape index (κ3) is 2.61. The summed E-state index contributed by atoms with van der Waals surface area (Å²) in [5, 5.41) is 5.60. The molecule has 0 atom stereocenters. The summed E-state index contributed by atoms with van der Waals surface area (Å²) in [6.45, 7) is -1.18. The van der Waals surface area contributed by atoms with Crippen LogP contribution in [0.1, 0.15) is 0 Å². The third-order valence-corrected chi connectivity index (χ3v) is 5.05. The summed E-state index contributed by atoms with van der Waals surface area (Å²) in [6.07, 6.45) is 0.566. The van der Waals surface area contributed by atoms with Crippen molar-refractivity contribution in [3.8, 4) is 0 Å². The summed E-state index contributed by atoms with van der Waals surface area (Å²) in [5.41, 5.74) is 4.71. The van der Waals surface area contributed by atoms with E-state index in [1.807, 2.05) is 0 Å². The van der Waals surface area contributed by atoms with Crippen molar-refractivity contribution in [1.82, 2.24) is 0 Å². The molecule has 0 spiro atoms. The maximum atomic E-state index is 10.6. The second-order valence-corrected chi connectivity index (χ2v) is 6.36. The zero-order chi connectivity index (χ0) is 11.6. The molecule has 11 heteroatoms. The number of nitrogens with two attached hydrogens (primary N) is 1. The van der Waals surface area contributed by atoms with Gasteiger partial charge in [0.05, 0.1) is 12.9 Å². The monoisotopic (exact) mass is 248 g/mol. The molecule has 0 rings (SSSR count). The molecule has 0 saturated heterocycles. The van der Waals surface area contributed by atoms with E-state index in [1.54, 1.807) is 0 Å². The molecule has 0 aliphatic heterocycles. The highest BCUT2D eigenvalue weighted by atomic mass is 31.2. The average Bonchev–Trinajstić information content (AvgIpc) is 1.95. The van der Waals surface area contributed by atoms with Gasteiger partial charge >= 0.3 is 15.2 Å². The third-order valence-electron chi connectivity index (χ3n) is 1.34. The van der Waals surface area contributed by atoms with Gasteiger partial charge in [0.2, 0.25) is 0 Å². The Kier molecular flexibility index (Phi) is 4.00. The lowest BCUT2D eigenvalue weighted by atomic mass is 10.7. The molecule has 9 nitrogen and oxygen atoms in total. The highest BCUT2D eigenvalue weighted by molar-refractivity contribution is 7.72. The van der Waals surface area contributed by atoms with Crippen molar-refractivity contribution in [1.29, 1.82) is 0 Å². The fourth-order valence-electron chi connectivity index (χ4n) is 0.529. The lowest BCUT2D eigenvalue weighted by molar-refractivity contribution is 0.138. The molecule has 0 heterocycles. The van der Waals surface area contributed by atoms with Crippen LogP contribution in [-0.4, -0.2) is 42.6 Å². The van der Waals surface area contributed by atoms with Gasteiger partial charge in [0.25, 0.3) is 5.08 Å². The van der Waals surface area contributed by atoms with Crippen molar-refractivity contribution >= 4 is 21.5 Å². The van der Waals surface area contributed by atoms with Gasteiger partial charge in [0.1, 0.15) is 0 Å². The molecular weight excluding hydrogens is 238 g/mol. The first-order valence-electron chi connectivity index (χ1n) is 3.10. The molecule has 7 N–H and O–H groups in total. The standard InChI is InChI=1S/C3H10N2O7P2/c4-2-5-1-3(6,13(7,8)9)14(10,11)12/h2,6H,1H2,(H2,4,5)(H2,7,8,9)(H2,10,11,12). The number of rotatable bonds is 4. The molecule has 0 aliphatic carbocycles. The van der Waals surface area contributed by atoms with Crippen LogP contribution in [0.4, 0.5) is 0 Å². The maximum Gasteiger partial charge on any atom is 0.371 e. The summed E-state index contributed by atoms with van der Waals surface area (Å²) in [6, 6.07) is 0. The Hall–Kier alpha value is -0.270. The Morgan fingerprint density at radius 3 is 1.79 bits per heavy atom. The number of nitrogens with zero attached hydrogens (tertiary/aromatic N) is 1. The van der Waals surface area contributed by atoms with Crippen LogP contribution in [-0.2, 0) is 9.13 Å². The van der Waals surface area contributed by atoms with E-state index in [1.165, 1.54) is 0 Å². The molecule has 0 saturated carbocycles. The van der Waals surface area contributed by atoms with Crippen LogP contribution >= 0.6 is 15.2 Å². The first kappa shape index (κ1) is 13.7. The van der Waals surface area contributed by atoms with Crippen LogP contribution in [0.3, 0.4) is 0 Å². The molecule has 0 aliphatic rings. The second-order valence-electron chi connectivity index (χ2n) is 2.35. The molecule has 0 unspecified atom stereocenters. The van der Waals surface area contributed by atoms with E-state index in [-0.39, 0.29) is 0 Å². The molecule has 14 heavy (non-hydrogen) atoms. The lowest BCUT2D eigenvalue weighted by Gasteiger charge is -2.27. The van der Waals surface area contributed by atoms with Gasteiger partial charge in [-0.1, -0.05) is 0 Å².